The predicted molar refractivity (Wildman–Crippen MR) is 113 cm³/mol. The number of aryl methyl sites for hydroxylation is 1. The normalized spacial score (nSPS) is 10.9. The third-order valence-corrected chi connectivity index (χ3v) is 4.99. The largest absolute Gasteiger partial charge is 0.358 e. The topological polar surface area (TPSA) is 57.8 Å². The number of hydrogen-bond acceptors (Lipinski definition) is 2. The van der Waals surface area contributed by atoms with Gasteiger partial charge in [0.2, 0.25) is 5.91 Å². The summed E-state index contributed by atoms with van der Waals surface area (Å²) in [4.78, 5) is 19.7. The van der Waals surface area contributed by atoms with Gasteiger partial charge >= 0.3 is 0 Å². The number of nitrogens with one attached hydrogen (secondary N) is 2. The molecule has 146 valence electrons. The van der Waals surface area contributed by atoms with Crippen molar-refractivity contribution in [3.8, 4) is 0 Å². The first-order valence-electron chi connectivity index (χ1n) is 9.72. The highest BCUT2D eigenvalue weighted by Gasteiger charge is 2.13. The maximum atomic E-state index is 13.2. The van der Waals surface area contributed by atoms with Crippen LogP contribution >= 0.6 is 0 Å². The minimum Gasteiger partial charge on any atom is -0.358 e. The number of nitrogens with zero attached hydrogens (tertiary/aromatic N) is 1. The number of rotatable bonds is 7. The molecule has 0 bridgehead atoms. The zero-order valence-electron chi connectivity index (χ0n) is 16.0. The third kappa shape index (κ3) is 4.69. The lowest BCUT2D eigenvalue weighted by Gasteiger charge is -2.07. The number of carbonyl (C=O) groups excluding carboxylic acids is 1. The van der Waals surface area contributed by atoms with Gasteiger partial charge in [-0.15, -0.1) is 0 Å². The Labute approximate surface area is 168 Å². The minimum atomic E-state index is -0.231. The molecule has 0 aliphatic heterocycles. The van der Waals surface area contributed by atoms with E-state index in [4.69, 9.17) is 0 Å². The summed E-state index contributed by atoms with van der Waals surface area (Å²) in [7, 11) is 0. The van der Waals surface area contributed by atoms with Crippen LogP contribution in [0.25, 0.3) is 10.9 Å². The molecular formula is C24H22FN3O. The summed E-state index contributed by atoms with van der Waals surface area (Å²) in [5.74, 6) is -0.234. The molecule has 2 N–H and O–H groups in total. The van der Waals surface area contributed by atoms with Crippen LogP contribution in [0.1, 0.15) is 29.7 Å². The Morgan fingerprint density at radius 3 is 2.55 bits per heavy atom. The third-order valence-electron chi connectivity index (χ3n) is 4.99. The van der Waals surface area contributed by atoms with Gasteiger partial charge in [-0.25, -0.2) is 4.39 Å². The molecule has 0 atom stereocenters. The van der Waals surface area contributed by atoms with Crippen LogP contribution in [-0.4, -0.2) is 15.9 Å². The first-order valence-corrected chi connectivity index (χ1v) is 9.72. The number of hydrogen-bond donors (Lipinski definition) is 2. The van der Waals surface area contributed by atoms with Crippen molar-refractivity contribution >= 4 is 22.5 Å². The van der Waals surface area contributed by atoms with Crippen molar-refractivity contribution < 1.29 is 9.18 Å². The van der Waals surface area contributed by atoms with Crippen molar-refractivity contribution in [2.45, 2.75) is 25.7 Å². The molecule has 2 aromatic heterocycles. The molecular weight excluding hydrogens is 365 g/mol. The molecule has 4 nitrogen and oxygen atoms in total. The minimum absolute atomic E-state index is 0.00359. The molecule has 4 rings (SSSR count). The van der Waals surface area contributed by atoms with E-state index in [1.807, 2.05) is 24.3 Å². The summed E-state index contributed by atoms with van der Waals surface area (Å²) >= 11 is 0. The van der Waals surface area contributed by atoms with Crippen LogP contribution in [-0.2, 0) is 17.6 Å². The molecule has 0 aliphatic rings. The van der Waals surface area contributed by atoms with E-state index < -0.39 is 0 Å². The smallest absolute Gasteiger partial charge is 0.224 e. The van der Waals surface area contributed by atoms with Crippen LogP contribution in [0.2, 0.25) is 0 Å². The predicted octanol–water partition coefficient (Wildman–Crippen LogP) is 5.25. The number of aromatic nitrogens is 2. The van der Waals surface area contributed by atoms with E-state index in [0.717, 1.165) is 35.3 Å². The standard InChI is InChI=1S/C24H22FN3O/c25-18-10-8-17(9-11-18)16-23-21(20-4-1-2-6-22(20)28-23)5-3-7-24(29)27-19-12-14-26-15-13-19/h1-2,4,6,8-15,28H,3,5,7,16H2,(H,26,27,29). The van der Waals surface area contributed by atoms with Crippen LogP contribution in [0.15, 0.2) is 73.1 Å². The van der Waals surface area contributed by atoms with E-state index in [2.05, 4.69) is 27.4 Å². The van der Waals surface area contributed by atoms with Crippen molar-refractivity contribution in [1.29, 1.82) is 0 Å². The van der Waals surface area contributed by atoms with Gasteiger partial charge < -0.3 is 10.3 Å². The summed E-state index contributed by atoms with van der Waals surface area (Å²) in [6.45, 7) is 0. The van der Waals surface area contributed by atoms with Gasteiger partial charge in [0.05, 0.1) is 0 Å². The average Bonchev–Trinajstić information content (AvgIpc) is 3.08. The van der Waals surface area contributed by atoms with Gasteiger partial charge in [-0.3, -0.25) is 9.78 Å². The number of para-hydroxylation sites is 1. The second-order valence-corrected chi connectivity index (χ2v) is 7.07. The molecule has 5 heteroatoms. The Balaban J connectivity index is 1.47. The lowest BCUT2D eigenvalue weighted by molar-refractivity contribution is -0.116. The van der Waals surface area contributed by atoms with E-state index in [9.17, 15) is 9.18 Å². The maximum Gasteiger partial charge on any atom is 0.224 e. The number of aromatic amines is 1. The number of benzene rings is 2. The molecule has 2 aromatic carbocycles. The molecule has 0 aliphatic carbocycles. The Morgan fingerprint density at radius 2 is 1.76 bits per heavy atom. The highest BCUT2D eigenvalue weighted by molar-refractivity contribution is 5.90. The number of anilines is 1. The molecule has 2 heterocycles. The molecule has 1 amide bonds. The maximum absolute atomic E-state index is 13.2. The zero-order chi connectivity index (χ0) is 20.1. The number of fused-ring (bicyclic) bond motifs is 1. The fourth-order valence-electron chi connectivity index (χ4n) is 3.58. The van der Waals surface area contributed by atoms with Crippen molar-refractivity contribution in [2.24, 2.45) is 0 Å². The van der Waals surface area contributed by atoms with Crippen LogP contribution < -0.4 is 5.32 Å². The number of H-pyrrole nitrogens is 1. The molecule has 4 aromatic rings. The second kappa shape index (κ2) is 8.69. The van der Waals surface area contributed by atoms with Crippen LogP contribution in [0.3, 0.4) is 0 Å². The lowest BCUT2D eigenvalue weighted by atomic mass is 10.00. The number of carbonyl (C=O) groups is 1. The van der Waals surface area contributed by atoms with Gasteiger partial charge in [-0.05, 0) is 54.3 Å². The van der Waals surface area contributed by atoms with Gasteiger partial charge in [-0.1, -0.05) is 30.3 Å². The summed E-state index contributed by atoms with van der Waals surface area (Å²) in [5, 5.41) is 4.08. The van der Waals surface area contributed by atoms with Crippen molar-refractivity contribution in [3.05, 3.63) is 95.7 Å². The van der Waals surface area contributed by atoms with Crippen LogP contribution in [0.5, 0.6) is 0 Å². The quantitative estimate of drug-likeness (QED) is 0.455. The Bertz CT molecular complexity index is 1100. The van der Waals surface area contributed by atoms with Crippen LogP contribution in [0.4, 0.5) is 10.1 Å². The SMILES string of the molecule is O=C(CCCc1c(Cc2ccc(F)cc2)[nH]c2ccccc12)Nc1ccncc1. The highest BCUT2D eigenvalue weighted by Crippen LogP contribution is 2.26. The van der Waals surface area contributed by atoms with Gasteiger partial charge in [0, 0.05) is 47.5 Å². The molecule has 0 radical (unpaired) electrons. The van der Waals surface area contributed by atoms with Gasteiger partial charge in [0.25, 0.3) is 0 Å². The summed E-state index contributed by atoms with van der Waals surface area (Å²) in [5.41, 5.74) is 5.23. The zero-order valence-corrected chi connectivity index (χ0v) is 16.0. The molecule has 0 fully saturated rings. The van der Waals surface area contributed by atoms with E-state index in [0.29, 0.717) is 12.8 Å². The van der Waals surface area contributed by atoms with Gasteiger partial charge in [0.15, 0.2) is 0 Å². The first kappa shape index (κ1) is 18.9. The van der Waals surface area contributed by atoms with E-state index in [1.54, 1.807) is 24.5 Å². The fourth-order valence-corrected chi connectivity index (χ4v) is 3.58. The van der Waals surface area contributed by atoms with Gasteiger partial charge in [-0.2, -0.15) is 0 Å². The van der Waals surface area contributed by atoms with Crippen molar-refractivity contribution in [3.63, 3.8) is 0 Å². The van der Waals surface area contributed by atoms with Crippen molar-refractivity contribution in [2.75, 3.05) is 5.32 Å². The van der Waals surface area contributed by atoms with E-state index >= 15 is 0 Å². The second-order valence-electron chi connectivity index (χ2n) is 7.07. The molecule has 0 saturated carbocycles. The summed E-state index contributed by atoms with van der Waals surface area (Å²) in [6.07, 6.45) is 6.00. The average molecular weight is 387 g/mol. The Hall–Kier alpha value is -3.47. The summed E-state index contributed by atoms with van der Waals surface area (Å²) < 4.78 is 13.2. The Morgan fingerprint density at radius 1 is 1.00 bits per heavy atom. The van der Waals surface area contributed by atoms with Crippen molar-refractivity contribution in [1.82, 2.24) is 9.97 Å². The number of halogens is 1. The number of pyridine rings is 1. The van der Waals surface area contributed by atoms with E-state index in [-0.39, 0.29) is 11.7 Å². The molecule has 0 saturated heterocycles. The fraction of sp³-hybridized carbons (Fsp3) is 0.167. The lowest BCUT2D eigenvalue weighted by Crippen LogP contribution is -2.11. The monoisotopic (exact) mass is 387 g/mol. The van der Waals surface area contributed by atoms with Crippen LogP contribution in [0, 0.1) is 5.82 Å². The molecule has 0 spiro atoms. The molecule has 29 heavy (non-hydrogen) atoms. The van der Waals surface area contributed by atoms with E-state index in [1.165, 1.54) is 23.1 Å². The number of amides is 1. The first-order chi connectivity index (χ1) is 14.2. The Kier molecular flexibility index (Phi) is 5.66. The molecule has 0 unspecified atom stereocenters. The summed E-state index contributed by atoms with van der Waals surface area (Å²) in [6, 6.07) is 18.3. The highest BCUT2D eigenvalue weighted by atomic mass is 19.1. The van der Waals surface area contributed by atoms with Gasteiger partial charge in [0.1, 0.15) is 5.82 Å².